The molecule has 2 rings (SSSR count). The number of hydrogen-bond donors (Lipinski definition) is 1. The second kappa shape index (κ2) is 8.61. The molecule has 8 nitrogen and oxygen atoms in total. The maximum atomic E-state index is 11.8. The average molecular weight is 356 g/mol. The summed E-state index contributed by atoms with van der Waals surface area (Å²) >= 11 is 0. The molecule has 0 saturated carbocycles. The molecule has 26 heavy (non-hydrogen) atoms. The highest BCUT2D eigenvalue weighted by atomic mass is 16.6. The quantitative estimate of drug-likeness (QED) is 0.467. The molecule has 0 aliphatic heterocycles. The first kappa shape index (κ1) is 18.9. The van der Waals surface area contributed by atoms with Crippen molar-refractivity contribution in [2.45, 2.75) is 6.92 Å². The Morgan fingerprint density at radius 2 is 1.96 bits per heavy atom. The zero-order valence-corrected chi connectivity index (χ0v) is 14.8. The molecule has 1 amide bonds. The second-order valence-electron chi connectivity index (χ2n) is 5.79. The van der Waals surface area contributed by atoms with Crippen molar-refractivity contribution >= 4 is 23.5 Å². The number of hydrazone groups is 1. The number of carbonyl (C=O) groups excluding carboxylic acids is 1. The van der Waals surface area contributed by atoms with Gasteiger partial charge >= 0.3 is 0 Å². The van der Waals surface area contributed by atoms with Crippen molar-refractivity contribution in [3.63, 3.8) is 0 Å². The van der Waals surface area contributed by atoms with Gasteiger partial charge in [-0.25, -0.2) is 5.43 Å². The fraction of sp³-hybridized carbons (Fsp3) is 0.222. The number of nitrogens with zero attached hydrogens (tertiary/aromatic N) is 3. The van der Waals surface area contributed by atoms with Crippen LogP contribution in [0.5, 0.6) is 5.75 Å². The van der Waals surface area contributed by atoms with E-state index in [2.05, 4.69) is 10.5 Å². The molecule has 0 saturated heterocycles. The van der Waals surface area contributed by atoms with Crippen LogP contribution in [-0.2, 0) is 4.79 Å². The van der Waals surface area contributed by atoms with E-state index in [1.165, 1.54) is 18.3 Å². The van der Waals surface area contributed by atoms with Crippen LogP contribution in [0.2, 0.25) is 0 Å². The molecule has 0 aromatic heterocycles. The van der Waals surface area contributed by atoms with Crippen molar-refractivity contribution in [3.8, 4) is 5.75 Å². The minimum Gasteiger partial charge on any atom is -0.484 e. The van der Waals surface area contributed by atoms with Crippen LogP contribution in [0.15, 0.2) is 47.6 Å². The van der Waals surface area contributed by atoms with E-state index in [1.807, 2.05) is 33.2 Å². The minimum absolute atomic E-state index is 0.0499. The molecule has 8 heteroatoms. The summed E-state index contributed by atoms with van der Waals surface area (Å²) in [7, 11) is 3.62. The Hall–Kier alpha value is -3.42. The average Bonchev–Trinajstić information content (AvgIpc) is 2.61. The Labute approximate surface area is 151 Å². The lowest BCUT2D eigenvalue weighted by Crippen LogP contribution is -2.24. The van der Waals surface area contributed by atoms with E-state index in [0.29, 0.717) is 11.3 Å². The number of rotatable bonds is 7. The van der Waals surface area contributed by atoms with Crippen LogP contribution in [0.25, 0.3) is 0 Å². The summed E-state index contributed by atoms with van der Waals surface area (Å²) in [6.07, 6.45) is 1.37. The van der Waals surface area contributed by atoms with Gasteiger partial charge in [0.15, 0.2) is 6.61 Å². The lowest BCUT2D eigenvalue weighted by molar-refractivity contribution is -0.384. The van der Waals surface area contributed by atoms with Crippen molar-refractivity contribution in [2.24, 2.45) is 5.10 Å². The Kier molecular flexibility index (Phi) is 6.26. The number of hydrogen-bond acceptors (Lipinski definition) is 6. The molecule has 0 atom stereocenters. The number of non-ortho nitro benzene ring substituents is 1. The molecule has 136 valence electrons. The Bertz CT molecular complexity index is 816. The number of ether oxygens (including phenoxy) is 1. The molecule has 1 N–H and O–H groups in total. The molecular formula is C18H20N4O4. The predicted molar refractivity (Wildman–Crippen MR) is 99.8 cm³/mol. The van der Waals surface area contributed by atoms with Crippen LogP contribution in [-0.4, -0.2) is 37.7 Å². The molecule has 0 fully saturated rings. The topological polar surface area (TPSA) is 97.1 Å². The number of nitro benzene ring substituents is 1. The van der Waals surface area contributed by atoms with Gasteiger partial charge in [-0.1, -0.05) is 17.7 Å². The predicted octanol–water partition coefficient (Wildman–Crippen LogP) is 2.50. The maximum Gasteiger partial charge on any atom is 0.277 e. The zero-order valence-electron chi connectivity index (χ0n) is 14.8. The summed E-state index contributed by atoms with van der Waals surface area (Å²) in [6, 6.07) is 11.8. The van der Waals surface area contributed by atoms with Gasteiger partial charge in [-0.15, -0.1) is 0 Å². The third-order valence-corrected chi connectivity index (χ3v) is 3.49. The molecule has 2 aromatic carbocycles. The summed E-state index contributed by atoms with van der Waals surface area (Å²) in [4.78, 5) is 24.0. The Balaban J connectivity index is 1.98. The lowest BCUT2D eigenvalue weighted by Gasteiger charge is -2.14. The van der Waals surface area contributed by atoms with Crippen LogP contribution >= 0.6 is 0 Å². The van der Waals surface area contributed by atoms with Crippen LogP contribution in [0.3, 0.4) is 0 Å². The molecule has 0 spiro atoms. The largest absolute Gasteiger partial charge is 0.484 e. The van der Waals surface area contributed by atoms with Crippen molar-refractivity contribution in [2.75, 3.05) is 25.6 Å². The Morgan fingerprint density at radius 3 is 2.58 bits per heavy atom. The lowest BCUT2D eigenvalue weighted by atomic mass is 10.1. The van der Waals surface area contributed by atoms with Crippen molar-refractivity contribution in [1.29, 1.82) is 0 Å². The van der Waals surface area contributed by atoms with Crippen molar-refractivity contribution in [1.82, 2.24) is 5.43 Å². The van der Waals surface area contributed by atoms with Crippen LogP contribution in [0.4, 0.5) is 11.4 Å². The number of nitro groups is 1. The standard InChI is InChI=1S/C18H20N4O4/c1-13-4-7-16(8-5-13)26-12-18(23)20-19-11-14-10-15(22(24)25)6-9-17(14)21(2)3/h4-11H,12H2,1-3H3,(H,20,23)/b19-11-. The molecule has 0 aliphatic carbocycles. The number of nitrogens with one attached hydrogen (secondary N) is 1. The first-order valence-electron chi connectivity index (χ1n) is 7.84. The van der Waals surface area contributed by atoms with Gasteiger partial charge in [0.1, 0.15) is 5.75 Å². The van der Waals surface area contributed by atoms with Crippen molar-refractivity contribution < 1.29 is 14.5 Å². The van der Waals surface area contributed by atoms with E-state index >= 15 is 0 Å². The van der Waals surface area contributed by atoms with Crippen LogP contribution < -0.4 is 15.1 Å². The monoisotopic (exact) mass is 356 g/mol. The maximum absolute atomic E-state index is 11.8. The van der Waals surface area contributed by atoms with E-state index in [4.69, 9.17) is 4.74 Å². The molecule has 0 bridgehead atoms. The van der Waals surface area contributed by atoms with Gasteiger partial charge in [-0.3, -0.25) is 14.9 Å². The molecule has 2 aromatic rings. The zero-order chi connectivity index (χ0) is 19.1. The van der Waals surface area contributed by atoms with Gasteiger partial charge in [0.2, 0.25) is 0 Å². The van der Waals surface area contributed by atoms with E-state index in [1.54, 1.807) is 23.1 Å². The molecule has 0 aliphatic rings. The summed E-state index contributed by atoms with van der Waals surface area (Å²) in [5.41, 5.74) is 4.65. The minimum atomic E-state index is -0.481. The van der Waals surface area contributed by atoms with Gasteiger partial charge in [0, 0.05) is 37.5 Å². The summed E-state index contributed by atoms with van der Waals surface area (Å²) in [5, 5.41) is 14.8. The fourth-order valence-corrected chi connectivity index (χ4v) is 2.16. The highest BCUT2D eigenvalue weighted by Gasteiger charge is 2.11. The number of anilines is 1. The van der Waals surface area contributed by atoms with Crippen LogP contribution in [0, 0.1) is 17.0 Å². The third kappa shape index (κ3) is 5.30. The van der Waals surface area contributed by atoms with Gasteiger partial charge in [-0.2, -0.15) is 5.10 Å². The second-order valence-corrected chi connectivity index (χ2v) is 5.79. The molecule has 0 radical (unpaired) electrons. The number of aryl methyl sites for hydroxylation is 1. The highest BCUT2D eigenvalue weighted by Crippen LogP contribution is 2.22. The van der Waals surface area contributed by atoms with Gasteiger partial charge in [0.05, 0.1) is 11.1 Å². The van der Waals surface area contributed by atoms with Gasteiger partial charge in [0.25, 0.3) is 11.6 Å². The summed E-state index contributed by atoms with van der Waals surface area (Å²) in [6.45, 7) is 1.77. The molecular weight excluding hydrogens is 336 g/mol. The highest BCUT2D eigenvalue weighted by molar-refractivity contribution is 5.90. The SMILES string of the molecule is Cc1ccc(OCC(=O)N/N=C\c2cc([N+](=O)[O-])ccc2N(C)C)cc1. The summed E-state index contributed by atoms with van der Waals surface area (Å²) in [5.74, 6) is 0.155. The fourth-order valence-electron chi connectivity index (χ4n) is 2.16. The Morgan fingerprint density at radius 1 is 1.27 bits per heavy atom. The van der Waals surface area contributed by atoms with E-state index < -0.39 is 10.8 Å². The van der Waals surface area contributed by atoms with E-state index in [9.17, 15) is 14.9 Å². The first-order valence-corrected chi connectivity index (χ1v) is 7.84. The molecule has 0 unspecified atom stereocenters. The number of carbonyl (C=O) groups is 1. The number of amides is 1. The van der Waals surface area contributed by atoms with Crippen LogP contribution in [0.1, 0.15) is 11.1 Å². The normalized spacial score (nSPS) is 10.6. The van der Waals surface area contributed by atoms with E-state index in [0.717, 1.165) is 11.3 Å². The summed E-state index contributed by atoms with van der Waals surface area (Å²) < 4.78 is 5.35. The van der Waals surface area contributed by atoms with Gasteiger partial charge < -0.3 is 9.64 Å². The van der Waals surface area contributed by atoms with E-state index in [-0.39, 0.29) is 12.3 Å². The number of benzene rings is 2. The third-order valence-electron chi connectivity index (χ3n) is 3.49. The smallest absolute Gasteiger partial charge is 0.277 e. The molecule has 0 heterocycles. The van der Waals surface area contributed by atoms with Gasteiger partial charge in [-0.05, 0) is 25.1 Å². The van der Waals surface area contributed by atoms with Crippen molar-refractivity contribution in [3.05, 3.63) is 63.7 Å². The first-order chi connectivity index (χ1) is 12.4.